The van der Waals surface area contributed by atoms with Crippen LogP contribution in [0.15, 0.2) is 48.5 Å². The Hall–Kier alpha value is -2.56. The van der Waals surface area contributed by atoms with Gasteiger partial charge >= 0.3 is 0 Å². The molecular formula is C21H25FN2O2. The molecule has 1 fully saturated rings. The highest BCUT2D eigenvalue weighted by Gasteiger charge is 2.28. The van der Waals surface area contributed by atoms with Gasteiger partial charge in [-0.05, 0) is 37.6 Å². The van der Waals surface area contributed by atoms with Gasteiger partial charge in [-0.25, -0.2) is 4.39 Å². The summed E-state index contributed by atoms with van der Waals surface area (Å²) < 4.78 is 19.8. The fourth-order valence-electron chi connectivity index (χ4n) is 3.17. The van der Waals surface area contributed by atoms with Crippen molar-refractivity contribution in [3.05, 3.63) is 59.9 Å². The molecule has 1 aliphatic rings. The Bertz CT molecular complexity index is 740. The average Bonchev–Trinajstić information content (AvgIpc) is 2.67. The monoisotopic (exact) mass is 356 g/mol. The number of piperazine rings is 1. The van der Waals surface area contributed by atoms with E-state index in [0.29, 0.717) is 44.0 Å². The van der Waals surface area contributed by atoms with E-state index in [4.69, 9.17) is 4.74 Å². The number of halogens is 1. The van der Waals surface area contributed by atoms with Crippen molar-refractivity contribution in [2.45, 2.75) is 26.4 Å². The van der Waals surface area contributed by atoms with Crippen molar-refractivity contribution < 1.29 is 13.9 Å². The summed E-state index contributed by atoms with van der Waals surface area (Å²) in [6, 6.07) is 14.5. The van der Waals surface area contributed by atoms with Gasteiger partial charge in [0.2, 0.25) is 0 Å². The van der Waals surface area contributed by atoms with Gasteiger partial charge in [-0.2, -0.15) is 0 Å². The molecule has 0 saturated carbocycles. The predicted octanol–water partition coefficient (Wildman–Crippen LogP) is 3.64. The van der Waals surface area contributed by atoms with Gasteiger partial charge in [-0.15, -0.1) is 0 Å². The van der Waals surface area contributed by atoms with Gasteiger partial charge < -0.3 is 14.5 Å². The first-order valence-corrected chi connectivity index (χ1v) is 9.10. The SMILES string of the molecule is CC[C@H](Oc1ccc(C)cc1)C(=O)N1CCN(c2ccccc2F)CC1. The molecule has 5 heteroatoms. The van der Waals surface area contributed by atoms with E-state index in [2.05, 4.69) is 0 Å². The first-order chi connectivity index (χ1) is 12.6. The second-order valence-corrected chi connectivity index (χ2v) is 6.59. The number of carbonyl (C=O) groups is 1. The highest BCUT2D eigenvalue weighted by molar-refractivity contribution is 5.81. The molecule has 2 aromatic carbocycles. The minimum absolute atomic E-state index is 0.00117. The number of nitrogens with zero attached hydrogens (tertiary/aromatic N) is 2. The molecule has 0 aliphatic carbocycles. The van der Waals surface area contributed by atoms with Crippen LogP contribution >= 0.6 is 0 Å². The zero-order valence-corrected chi connectivity index (χ0v) is 15.3. The molecule has 1 heterocycles. The summed E-state index contributed by atoms with van der Waals surface area (Å²) in [6.45, 7) is 6.34. The van der Waals surface area contributed by atoms with E-state index in [1.54, 1.807) is 12.1 Å². The maximum absolute atomic E-state index is 13.9. The number of ether oxygens (including phenoxy) is 1. The van der Waals surface area contributed by atoms with E-state index in [0.717, 1.165) is 5.56 Å². The largest absolute Gasteiger partial charge is 0.481 e. The smallest absolute Gasteiger partial charge is 0.263 e. The number of anilines is 1. The van der Waals surface area contributed by atoms with E-state index in [1.165, 1.54) is 6.07 Å². The van der Waals surface area contributed by atoms with Crippen LogP contribution in [0.3, 0.4) is 0 Å². The molecule has 4 nitrogen and oxygen atoms in total. The van der Waals surface area contributed by atoms with Crippen LogP contribution in [0, 0.1) is 12.7 Å². The Morgan fingerprint density at radius 3 is 2.35 bits per heavy atom. The number of para-hydroxylation sites is 1. The Labute approximate surface area is 154 Å². The summed E-state index contributed by atoms with van der Waals surface area (Å²) in [5, 5.41) is 0. The van der Waals surface area contributed by atoms with E-state index in [9.17, 15) is 9.18 Å². The van der Waals surface area contributed by atoms with Crippen LogP contribution in [0.25, 0.3) is 0 Å². The molecule has 1 atom stereocenters. The van der Waals surface area contributed by atoms with Gasteiger partial charge in [0.15, 0.2) is 6.10 Å². The van der Waals surface area contributed by atoms with Crippen LogP contribution in [0.1, 0.15) is 18.9 Å². The Kier molecular flexibility index (Phi) is 5.76. The Morgan fingerprint density at radius 1 is 1.08 bits per heavy atom. The highest BCUT2D eigenvalue weighted by Crippen LogP contribution is 2.21. The molecule has 0 N–H and O–H groups in total. The Morgan fingerprint density at radius 2 is 1.73 bits per heavy atom. The highest BCUT2D eigenvalue weighted by atomic mass is 19.1. The number of benzene rings is 2. The molecule has 1 aliphatic heterocycles. The third-order valence-electron chi connectivity index (χ3n) is 4.73. The lowest BCUT2D eigenvalue weighted by molar-refractivity contribution is -0.139. The van der Waals surface area contributed by atoms with Crippen LogP contribution in [-0.2, 0) is 4.79 Å². The second-order valence-electron chi connectivity index (χ2n) is 6.59. The lowest BCUT2D eigenvalue weighted by Crippen LogP contribution is -2.52. The summed E-state index contributed by atoms with van der Waals surface area (Å²) in [6.07, 6.45) is 0.123. The summed E-state index contributed by atoms with van der Waals surface area (Å²) in [4.78, 5) is 16.6. The lowest BCUT2D eigenvalue weighted by atomic mass is 10.2. The normalized spacial score (nSPS) is 15.7. The van der Waals surface area contributed by atoms with Gasteiger partial charge in [0.05, 0.1) is 5.69 Å². The summed E-state index contributed by atoms with van der Waals surface area (Å²) in [5.41, 5.74) is 1.75. The van der Waals surface area contributed by atoms with E-state index < -0.39 is 6.10 Å². The van der Waals surface area contributed by atoms with Gasteiger partial charge in [-0.3, -0.25) is 4.79 Å². The number of hydrogen-bond acceptors (Lipinski definition) is 3. The first kappa shape index (κ1) is 18.2. The molecular weight excluding hydrogens is 331 g/mol. The van der Waals surface area contributed by atoms with E-state index in [-0.39, 0.29) is 11.7 Å². The van der Waals surface area contributed by atoms with Crippen LogP contribution in [-0.4, -0.2) is 43.1 Å². The molecule has 2 aromatic rings. The van der Waals surface area contributed by atoms with Crippen molar-refractivity contribution in [3.8, 4) is 5.75 Å². The molecule has 0 bridgehead atoms. The number of rotatable bonds is 5. The van der Waals surface area contributed by atoms with Crippen molar-refractivity contribution in [1.82, 2.24) is 4.90 Å². The van der Waals surface area contributed by atoms with Crippen LogP contribution in [0.4, 0.5) is 10.1 Å². The topological polar surface area (TPSA) is 32.8 Å². The van der Waals surface area contributed by atoms with E-state index >= 15 is 0 Å². The number of amides is 1. The third kappa shape index (κ3) is 4.15. The Balaban J connectivity index is 1.59. The number of aryl methyl sites for hydroxylation is 1. The third-order valence-corrected chi connectivity index (χ3v) is 4.73. The van der Waals surface area contributed by atoms with Gasteiger partial charge in [0, 0.05) is 26.2 Å². The maximum atomic E-state index is 13.9. The average molecular weight is 356 g/mol. The molecule has 0 radical (unpaired) electrons. The fraction of sp³-hybridized carbons (Fsp3) is 0.381. The molecule has 1 saturated heterocycles. The number of hydrogen-bond donors (Lipinski definition) is 0. The molecule has 3 rings (SSSR count). The van der Waals surface area contributed by atoms with Crippen LogP contribution in [0.2, 0.25) is 0 Å². The van der Waals surface area contributed by atoms with Crippen molar-refractivity contribution >= 4 is 11.6 Å². The summed E-state index contributed by atoms with van der Waals surface area (Å²) >= 11 is 0. The van der Waals surface area contributed by atoms with Crippen LogP contribution < -0.4 is 9.64 Å². The molecule has 0 spiro atoms. The van der Waals surface area contributed by atoms with Gasteiger partial charge in [0.25, 0.3) is 5.91 Å². The minimum atomic E-state index is -0.488. The van der Waals surface area contributed by atoms with Crippen molar-refractivity contribution in [1.29, 1.82) is 0 Å². The molecule has 138 valence electrons. The van der Waals surface area contributed by atoms with Gasteiger partial charge in [-0.1, -0.05) is 36.8 Å². The van der Waals surface area contributed by atoms with Crippen molar-refractivity contribution in [2.24, 2.45) is 0 Å². The molecule has 1 amide bonds. The van der Waals surface area contributed by atoms with Crippen molar-refractivity contribution in [2.75, 3.05) is 31.1 Å². The van der Waals surface area contributed by atoms with Crippen LogP contribution in [0.5, 0.6) is 5.75 Å². The zero-order valence-electron chi connectivity index (χ0n) is 15.3. The quantitative estimate of drug-likeness (QED) is 0.820. The number of carbonyl (C=O) groups excluding carboxylic acids is 1. The van der Waals surface area contributed by atoms with Crippen molar-refractivity contribution in [3.63, 3.8) is 0 Å². The fourth-order valence-corrected chi connectivity index (χ4v) is 3.17. The summed E-state index contributed by atoms with van der Waals surface area (Å²) in [7, 11) is 0. The molecule has 0 unspecified atom stereocenters. The lowest BCUT2D eigenvalue weighted by Gasteiger charge is -2.37. The maximum Gasteiger partial charge on any atom is 0.263 e. The van der Waals surface area contributed by atoms with E-state index in [1.807, 2.05) is 54.0 Å². The second kappa shape index (κ2) is 8.21. The van der Waals surface area contributed by atoms with Gasteiger partial charge in [0.1, 0.15) is 11.6 Å². The zero-order chi connectivity index (χ0) is 18.5. The minimum Gasteiger partial charge on any atom is -0.481 e. The predicted molar refractivity (Wildman–Crippen MR) is 101 cm³/mol. The molecule has 0 aromatic heterocycles. The molecule has 26 heavy (non-hydrogen) atoms. The standard InChI is InChI=1S/C21H25FN2O2/c1-3-20(26-17-10-8-16(2)9-11-17)21(25)24-14-12-23(13-15-24)19-7-5-4-6-18(19)22/h4-11,20H,3,12-15H2,1-2H3/t20-/m0/s1. The first-order valence-electron chi connectivity index (χ1n) is 9.10. The summed E-state index contributed by atoms with van der Waals surface area (Å²) in [5.74, 6) is 0.489.